The summed E-state index contributed by atoms with van der Waals surface area (Å²) < 4.78 is 10.9. The maximum absolute atomic E-state index is 10.9. The van der Waals surface area contributed by atoms with Gasteiger partial charge in [0.2, 0.25) is 0 Å². The molecule has 3 aromatic carbocycles. The molecule has 6 heteroatoms. The number of hydrogen-bond acceptors (Lipinski definition) is 5. The van der Waals surface area contributed by atoms with Crippen LogP contribution in [0.5, 0.6) is 17.2 Å². The number of nitrogens with one attached hydrogen (secondary N) is 1. The van der Waals surface area contributed by atoms with Crippen molar-refractivity contribution in [2.24, 2.45) is 4.99 Å². The molecule has 0 aliphatic carbocycles. The summed E-state index contributed by atoms with van der Waals surface area (Å²) in [5.74, 6) is 1.42. The average molecular weight is 437 g/mol. The molecule has 2 N–H and O–H groups in total. The smallest absolute Gasteiger partial charge is 0.162 e. The monoisotopic (exact) mass is 436 g/mol. The topological polar surface area (TPSA) is 63.1 Å². The van der Waals surface area contributed by atoms with Crippen LogP contribution in [0.25, 0.3) is 0 Å². The van der Waals surface area contributed by atoms with E-state index in [1.807, 2.05) is 67.6 Å². The van der Waals surface area contributed by atoms with Crippen molar-refractivity contribution in [2.75, 3.05) is 13.7 Å². The van der Waals surface area contributed by atoms with E-state index in [4.69, 9.17) is 26.1 Å². The van der Waals surface area contributed by atoms with Gasteiger partial charge in [-0.3, -0.25) is 10.3 Å². The highest BCUT2D eigenvalue weighted by Gasteiger charge is 2.29. The first-order valence-electron chi connectivity index (χ1n) is 10.3. The Kier molecular flexibility index (Phi) is 6.44. The summed E-state index contributed by atoms with van der Waals surface area (Å²) in [6.45, 7) is 2.38. The van der Waals surface area contributed by atoms with Crippen LogP contribution in [0.1, 0.15) is 42.2 Å². The van der Waals surface area contributed by atoms with E-state index in [0.29, 0.717) is 23.8 Å². The van der Waals surface area contributed by atoms with Crippen LogP contribution in [-0.2, 0) is 0 Å². The van der Waals surface area contributed by atoms with Crippen molar-refractivity contribution in [3.05, 3.63) is 88.4 Å². The molecule has 160 valence electrons. The summed E-state index contributed by atoms with van der Waals surface area (Å²) >= 11 is 6.49. The van der Waals surface area contributed by atoms with E-state index in [2.05, 4.69) is 5.32 Å². The number of para-hydroxylation sites is 1. The van der Waals surface area contributed by atoms with Gasteiger partial charge < -0.3 is 14.6 Å². The third-order valence-corrected chi connectivity index (χ3v) is 5.71. The predicted molar refractivity (Wildman–Crippen MR) is 123 cm³/mol. The number of aliphatic imine (C=N–C) groups is 1. The molecule has 1 aliphatic heterocycles. The highest BCUT2D eigenvalue weighted by Crippen LogP contribution is 2.39. The summed E-state index contributed by atoms with van der Waals surface area (Å²) in [6.07, 6.45) is 0.260. The number of phenols is 1. The zero-order chi connectivity index (χ0) is 21.8. The summed E-state index contributed by atoms with van der Waals surface area (Å²) in [5, 5.41) is 15.1. The number of ether oxygens (including phenoxy) is 2. The largest absolute Gasteiger partial charge is 0.504 e. The quantitative estimate of drug-likeness (QED) is 0.522. The van der Waals surface area contributed by atoms with E-state index in [1.54, 1.807) is 13.2 Å². The van der Waals surface area contributed by atoms with E-state index in [1.165, 1.54) is 0 Å². The Bertz CT molecular complexity index is 1080. The van der Waals surface area contributed by atoms with Crippen molar-refractivity contribution < 1.29 is 14.6 Å². The lowest BCUT2D eigenvalue weighted by atomic mass is 9.93. The first kappa shape index (κ1) is 21.2. The van der Waals surface area contributed by atoms with E-state index in [9.17, 15) is 5.11 Å². The number of rotatable bonds is 6. The van der Waals surface area contributed by atoms with Crippen molar-refractivity contribution in [2.45, 2.75) is 25.6 Å². The molecule has 2 atom stereocenters. The Balaban J connectivity index is 1.76. The van der Waals surface area contributed by atoms with Gasteiger partial charge in [-0.05, 0) is 48.9 Å². The first-order valence-corrected chi connectivity index (χ1v) is 10.6. The lowest BCUT2D eigenvalue weighted by molar-refractivity contribution is 0.313. The molecule has 3 aromatic rings. The minimum atomic E-state index is -0.347. The molecule has 2 unspecified atom stereocenters. The summed E-state index contributed by atoms with van der Waals surface area (Å²) in [7, 11) is 1.65. The highest BCUT2D eigenvalue weighted by molar-refractivity contribution is 6.31. The van der Waals surface area contributed by atoms with Gasteiger partial charge in [0.15, 0.2) is 11.5 Å². The highest BCUT2D eigenvalue weighted by atomic mass is 35.5. The molecule has 31 heavy (non-hydrogen) atoms. The van der Waals surface area contributed by atoms with Gasteiger partial charge >= 0.3 is 0 Å². The standard InChI is InChI=1S/C25H25ClN2O3/c1-3-31-23-10-6-8-19(24(23)29)22-15-21(16-11-13-17(30-2)14-12-16)27-25(28-22)18-7-4-5-9-20(18)26/h4-14,22,25,28-29H,3,15H2,1-2H3. The molecule has 0 fully saturated rings. The third-order valence-electron chi connectivity index (χ3n) is 5.37. The molecular weight excluding hydrogens is 412 g/mol. The fourth-order valence-corrected chi connectivity index (χ4v) is 4.05. The Labute approximate surface area is 187 Å². The molecule has 0 amide bonds. The first-order chi connectivity index (χ1) is 15.1. The van der Waals surface area contributed by atoms with E-state index in [0.717, 1.165) is 28.2 Å². The zero-order valence-electron chi connectivity index (χ0n) is 17.5. The van der Waals surface area contributed by atoms with E-state index >= 15 is 0 Å². The maximum atomic E-state index is 10.9. The molecule has 1 aliphatic rings. The Morgan fingerprint density at radius 1 is 1.03 bits per heavy atom. The van der Waals surface area contributed by atoms with Crippen LogP contribution in [0, 0.1) is 0 Å². The molecule has 1 heterocycles. The molecule has 0 aromatic heterocycles. The molecule has 0 radical (unpaired) electrons. The number of nitrogens with zero attached hydrogens (tertiary/aromatic N) is 1. The van der Waals surface area contributed by atoms with Gasteiger partial charge in [-0.2, -0.15) is 0 Å². The lowest BCUT2D eigenvalue weighted by Gasteiger charge is -2.31. The van der Waals surface area contributed by atoms with Gasteiger partial charge in [-0.15, -0.1) is 0 Å². The number of halogens is 1. The number of hydrogen-bond donors (Lipinski definition) is 2. The number of aromatic hydroxyl groups is 1. The second kappa shape index (κ2) is 9.41. The van der Waals surface area contributed by atoms with Crippen LogP contribution < -0.4 is 14.8 Å². The lowest BCUT2D eigenvalue weighted by Crippen LogP contribution is -2.33. The number of methoxy groups -OCH3 is 1. The van der Waals surface area contributed by atoms with Crippen LogP contribution in [-0.4, -0.2) is 24.5 Å². The molecule has 0 saturated carbocycles. The zero-order valence-corrected chi connectivity index (χ0v) is 18.3. The van der Waals surface area contributed by atoms with Crippen molar-refractivity contribution in [3.8, 4) is 17.2 Å². The van der Waals surface area contributed by atoms with Crippen LogP contribution in [0.2, 0.25) is 5.02 Å². The van der Waals surface area contributed by atoms with Crippen LogP contribution in [0.4, 0.5) is 0 Å². The van der Waals surface area contributed by atoms with Crippen LogP contribution in [0.15, 0.2) is 71.7 Å². The third kappa shape index (κ3) is 4.53. The van der Waals surface area contributed by atoms with Gasteiger partial charge in [0, 0.05) is 34.3 Å². The van der Waals surface area contributed by atoms with Crippen molar-refractivity contribution >= 4 is 17.3 Å². The minimum Gasteiger partial charge on any atom is -0.504 e. The summed E-state index contributed by atoms with van der Waals surface area (Å²) in [5.41, 5.74) is 3.59. The molecule has 0 spiro atoms. The van der Waals surface area contributed by atoms with Crippen molar-refractivity contribution in [3.63, 3.8) is 0 Å². The van der Waals surface area contributed by atoms with E-state index < -0.39 is 0 Å². The number of phenolic OH excluding ortho intramolecular Hbond substituents is 1. The maximum Gasteiger partial charge on any atom is 0.162 e. The SMILES string of the molecule is CCOc1cccc(C2CC(c3ccc(OC)cc3)=NC(c3ccccc3Cl)N2)c1O. The van der Waals surface area contributed by atoms with Gasteiger partial charge in [-0.1, -0.05) is 41.9 Å². The Hall–Kier alpha value is -3.02. The van der Waals surface area contributed by atoms with Crippen LogP contribution in [0.3, 0.4) is 0 Å². The van der Waals surface area contributed by atoms with E-state index in [-0.39, 0.29) is 18.0 Å². The van der Waals surface area contributed by atoms with Crippen molar-refractivity contribution in [1.29, 1.82) is 0 Å². The van der Waals surface area contributed by atoms with Crippen molar-refractivity contribution in [1.82, 2.24) is 5.32 Å². The second-order valence-electron chi connectivity index (χ2n) is 7.28. The Morgan fingerprint density at radius 2 is 1.77 bits per heavy atom. The minimum absolute atomic E-state index is 0.149. The fourth-order valence-electron chi connectivity index (χ4n) is 3.81. The Morgan fingerprint density at radius 3 is 2.48 bits per heavy atom. The normalized spacial score (nSPS) is 18.4. The van der Waals surface area contributed by atoms with Gasteiger partial charge in [0.1, 0.15) is 11.9 Å². The summed E-state index contributed by atoms with van der Waals surface area (Å²) in [6, 6.07) is 20.9. The van der Waals surface area contributed by atoms with Crippen LogP contribution >= 0.6 is 11.6 Å². The second-order valence-corrected chi connectivity index (χ2v) is 7.69. The predicted octanol–water partition coefficient (Wildman–Crippen LogP) is 5.68. The summed E-state index contributed by atoms with van der Waals surface area (Å²) in [4.78, 5) is 4.97. The fraction of sp³-hybridized carbons (Fsp3) is 0.240. The molecule has 4 rings (SSSR count). The van der Waals surface area contributed by atoms with Gasteiger partial charge in [0.25, 0.3) is 0 Å². The molecule has 5 nitrogen and oxygen atoms in total. The van der Waals surface area contributed by atoms with Gasteiger partial charge in [-0.25, -0.2) is 0 Å². The molecular formula is C25H25ClN2O3. The average Bonchev–Trinajstić information content (AvgIpc) is 2.80. The van der Waals surface area contributed by atoms with Gasteiger partial charge in [0.05, 0.1) is 13.7 Å². The molecule has 0 saturated heterocycles. The number of benzene rings is 3. The molecule has 0 bridgehead atoms.